The molecular weight excluding hydrogens is 488 g/mol. The zero-order valence-electron chi connectivity index (χ0n) is 22.5. The van der Waals surface area contributed by atoms with E-state index in [0.29, 0.717) is 63.6 Å². The lowest BCUT2D eigenvalue weighted by atomic mass is 9.84. The standard InChI is InChI=1S/C28H42N4O6/c1-2-3-12-30(13-5-4-11-29)26(34)18-32-17-21(20-8-9-23-24(16-20)38-19-37-23)27(28(35)36)22(32)10-15-31-14-6-7-25(31)33/h8-9,16,21-22,27H,2-7,10-15,17-19,29H2,1H3,(H,35,36). The SMILES string of the molecule is CCCCN(CCCCN)C(=O)CN1CC(c2ccc3c(c2)OCO3)C(C(=O)O)C1CCN1CCCC1=O. The highest BCUT2D eigenvalue weighted by Crippen LogP contribution is 2.42. The molecule has 3 N–H and O–H groups in total. The van der Waals surface area contributed by atoms with Crippen LogP contribution in [-0.2, 0) is 14.4 Å². The molecule has 10 nitrogen and oxygen atoms in total. The topological polar surface area (TPSA) is 126 Å². The number of hydrogen-bond acceptors (Lipinski definition) is 7. The van der Waals surface area contributed by atoms with Gasteiger partial charge in [0.15, 0.2) is 11.5 Å². The Bertz CT molecular complexity index is 988. The van der Waals surface area contributed by atoms with Crippen molar-refractivity contribution >= 4 is 17.8 Å². The smallest absolute Gasteiger partial charge is 0.308 e. The number of ether oxygens (including phenoxy) is 2. The number of nitrogens with zero attached hydrogens (tertiary/aromatic N) is 3. The highest BCUT2D eigenvalue weighted by Gasteiger charge is 2.47. The van der Waals surface area contributed by atoms with Crippen LogP contribution in [0.3, 0.4) is 0 Å². The van der Waals surface area contributed by atoms with E-state index in [1.165, 1.54) is 0 Å². The summed E-state index contributed by atoms with van der Waals surface area (Å²) in [5, 5.41) is 10.4. The summed E-state index contributed by atoms with van der Waals surface area (Å²) in [5.41, 5.74) is 6.54. The lowest BCUT2D eigenvalue weighted by Gasteiger charge is -2.30. The van der Waals surface area contributed by atoms with Crippen LogP contribution in [0.2, 0.25) is 0 Å². The first kappa shape index (κ1) is 28.2. The molecule has 10 heteroatoms. The molecule has 2 saturated heterocycles. The maximum absolute atomic E-state index is 13.5. The van der Waals surface area contributed by atoms with E-state index in [2.05, 4.69) is 6.92 Å². The van der Waals surface area contributed by atoms with Gasteiger partial charge in [0.25, 0.3) is 0 Å². The van der Waals surface area contributed by atoms with Crippen LogP contribution in [0.15, 0.2) is 18.2 Å². The molecule has 3 atom stereocenters. The summed E-state index contributed by atoms with van der Waals surface area (Å²) < 4.78 is 11.0. The zero-order valence-corrected chi connectivity index (χ0v) is 22.5. The van der Waals surface area contributed by atoms with Crippen LogP contribution >= 0.6 is 0 Å². The van der Waals surface area contributed by atoms with Crippen molar-refractivity contribution in [2.24, 2.45) is 11.7 Å². The van der Waals surface area contributed by atoms with E-state index in [4.69, 9.17) is 15.2 Å². The van der Waals surface area contributed by atoms with E-state index in [9.17, 15) is 19.5 Å². The highest BCUT2D eigenvalue weighted by molar-refractivity contribution is 5.79. The molecule has 38 heavy (non-hydrogen) atoms. The molecule has 1 aromatic carbocycles. The third-order valence-corrected chi connectivity index (χ3v) is 8.08. The lowest BCUT2D eigenvalue weighted by Crippen LogP contribution is -2.45. The predicted octanol–water partition coefficient (Wildman–Crippen LogP) is 2.26. The van der Waals surface area contributed by atoms with E-state index in [1.807, 2.05) is 32.9 Å². The molecular formula is C28H42N4O6. The van der Waals surface area contributed by atoms with Gasteiger partial charge >= 0.3 is 5.97 Å². The first-order chi connectivity index (χ1) is 18.4. The van der Waals surface area contributed by atoms with Gasteiger partial charge in [-0.3, -0.25) is 19.3 Å². The fourth-order valence-corrected chi connectivity index (χ4v) is 5.99. The zero-order chi connectivity index (χ0) is 27.1. The van der Waals surface area contributed by atoms with Gasteiger partial charge in [-0.05, 0) is 56.3 Å². The Morgan fingerprint density at radius 1 is 1.16 bits per heavy atom. The Hall–Kier alpha value is -2.85. The first-order valence-corrected chi connectivity index (χ1v) is 14.0. The van der Waals surface area contributed by atoms with Gasteiger partial charge < -0.3 is 30.1 Å². The number of carboxylic acids is 1. The van der Waals surface area contributed by atoms with Gasteiger partial charge in [-0.2, -0.15) is 0 Å². The number of aliphatic carboxylic acids is 1. The minimum atomic E-state index is -0.883. The first-order valence-electron chi connectivity index (χ1n) is 14.0. The Morgan fingerprint density at radius 2 is 1.95 bits per heavy atom. The third kappa shape index (κ3) is 6.58. The summed E-state index contributed by atoms with van der Waals surface area (Å²) in [6.07, 6.45) is 5.52. The normalized spacial score (nSPS) is 22.8. The Kier molecular flexibility index (Phi) is 9.85. The number of amides is 2. The molecule has 0 aromatic heterocycles. The van der Waals surface area contributed by atoms with E-state index in [0.717, 1.165) is 37.7 Å². The minimum absolute atomic E-state index is 0.0215. The van der Waals surface area contributed by atoms with Crippen molar-refractivity contribution in [3.05, 3.63) is 23.8 Å². The second kappa shape index (κ2) is 13.3. The van der Waals surface area contributed by atoms with Gasteiger partial charge in [0.2, 0.25) is 18.6 Å². The van der Waals surface area contributed by atoms with Gasteiger partial charge in [0, 0.05) is 51.1 Å². The van der Waals surface area contributed by atoms with Crippen LogP contribution in [0, 0.1) is 5.92 Å². The Labute approximate surface area is 225 Å². The summed E-state index contributed by atoms with van der Waals surface area (Å²) >= 11 is 0. The predicted molar refractivity (Wildman–Crippen MR) is 142 cm³/mol. The average molecular weight is 531 g/mol. The van der Waals surface area contributed by atoms with E-state index in [-0.39, 0.29) is 37.1 Å². The number of benzene rings is 1. The highest BCUT2D eigenvalue weighted by atomic mass is 16.7. The molecule has 2 fully saturated rings. The van der Waals surface area contributed by atoms with Crippen molar-refractivity contribution in [1.29, 1.82) is 0 Å². The van der Waals surface area contributed by atoms with Crippen molar-refractivity contribution in [1.82, 2.24) is 14.7 Å². The lowest BCUT2D eigenvalue weighted by molar-refractivity contribution is -0.144. The maximum atomic E-state index is 13.5. The van der Waals surface area contributed by atoms with E-state index in [1.54, 1.807) is 0 Å². The molecule has 3 heterocycles. The Balaban J connectivity index is 1.56. The molecule has 4 rings (SSSR count). The number of fused-ring (bicyclic) bond motifs is 1. The molecule has 210 valence electrons. The second-order valence-corrected chi connectivity index (χ2v) is 10.6. The van der Waals surface area contributed by atoms with Crippen molar-refractivity contribution in [2.75, 3.05) is 52.6 Å². The van der Waals surface area contributed by atoms with Gasteiger partial charge in [-0.15, -0.1) is 0 Å². The molecule has 0 saturated carbocycles. The average Bonchev–Trinajstić information content (AvgIpc) is 3.62. The number of carbonyl (C=O) groups excluding carboxylic acids is 2. The molecule has 0 radical (unpaired) electrons. The van der Waals surface area contributed by atoms with Gasteiger partial charge in [0.1, 0.15) is 0 Å². The van der Waals surface area contributed by atoms with Crippen molar-refractivity contribution in [3.8, 4) is 11.5 Å². The molecule has 0 bridgehead atoms. The van der Waals surface area contributed by atoms with Crippen LogP contribution in [0.25, 0.3) is 0 Å². The van der Waals surface area contributed by atoms with Gasteiger partial charge in [0.05, 0.1) is 12.5 Å². The van der Waals surface area contributed by atoms with E-state index >= 15 is 0 Å². The fraction of sp³-hybridized carbons (Fsp3) is 0.679. The van der Waals surface area contributed by atoms with Crippen LogP contribution in [-0.4, -0.2) is 96.2 Å². The number of unbranched alkanes of at least 4 members (excludes halogenated alkanes) is 2. The Morgan fingerprint density at radius 3 is 2.66 bits per heavy atom. The molecule has 2 amide bonds. The molecule has 0 spiro atoms. The van der Waals surface area contributed by atoms with Crippen LogP contribution in [0.4, 0.5) is 0 Å². The summed E-state index contributed by atoms with van der Waals surface area (Å²) in [4.78, 5) is 44.3. The number of carbonyl (C=O) groups is 3. The number of hydrogen-bond donors (Lipinski definition) is 2. The van der Waals surface area contributed by atoms with Gasteiger partial charge in [-0.25, -0.2) is 0 Å². The minimum Gasteiger partial charge on any atom is -0.481 e. The largest absolute Gasteiger partial charge is 0.481 e. The summed E-state index contributed by atoms with van der Waals surface area (Å²) in [7, 11) is 0. The van der Waals surface area contributed by atoms with Gasteiger partial charge in [-0.1, -0.05) is 19.4 Å². The van der Waals surface area contributed by atoms with Crippen molar-refractivity contribution < 1.29 is 29.0 Å². The summed E-state index contributed by atoms with van der Waals surface area (Å²) in [6.45, 7) is 6.02. The number of rotatable bonds is 14. The van der Waals surface area contributed by atoms with Crippen LogP contribution in [0.1, 0.15) is 63.4 Å². The quantitative estimate of drug-likeness (QED) is 0.351. The van der Waals surface area contributed by atoms with Crippen LogP contribution in [0.5, 0.6) is 11.5 Å². The molecule has 3 aliphatic heterocycles. The third-order valence-electron chi connectivity index (χ3n) is 8.08. The van der Waals surface area contributed by atoms with Crippen LogP contribution < -0.4 is 15.2 Å². The van der Waals surface area contributed by atoms with Crippen molar-refractivity contribution in [3.63, 3.8) is 0 Å². The van der Waals surface area contributed by atoms with Crippen molar-refractivity contribution in [2.45, 2.75) is 63.8 Å². The number of carboxylic acid groups (broad SMARTS) is 1. The summed E-state index contributed by atoms with van der Waals surface area (Å²) in [5.74, 6) is -0.489. The molecule has 3 aliphatic rings. The molecule has 3 unspecified atom stereocenters. The molecule has 1 aromatic rings. The number of nitrogens with two attached hydrogens (primary N) is 1. The second-order valence-electron chi connectivity index (χ2n) is 10.6. The van der Waals surface area contributed by atoms with E-state index < -0.39 is 11.9 Å². The number of likely N-dealkylation sites (tertiary alicyclic amines) is 2. The fourth-order valence-electron chi connectivity index (χ4n) is 5.99. The summed E-state index contributed by atoms with van der Waals surface area (Å²) in [6, 6.07) is 5.24. The maximum Gasteiger partial charge on any atom is 0.308 e. The molecule has 0 aliphatic carbocycles. The monoisotopic (exact) mass is 530 g/mol.